The van der Waals surface area contributed by atoms with Gasteiger partial charge in [-0.2, -0.15) is 5.10 Å². The molecule has 1 aliphatic heterocycles. The summed E-state index contributed by atoms with van der Waals surface area (Å²) < 4.78 is 12.1. The molecule has 3 rings (SSSR count). The molecule has 1 atom stereocenters. The number of nitrogens with one attached hydrogen (secondary N) is 3. The van der Waals surface area contributed by atoms with Gasteiger partial charge in [0.1, 0.15) is 5.75 Å². The average Bonchev–Trinajstić information content (AvgIpc) is 3.12. The van der Waals surface area contributed by atoms with E-state index in [0.29, 0.717) is 29.6 Å². The van der Waals surface area contributed by atoms with E-state index in [2.05, 4.69) is 21.0 Å². The zero-order valence-corrected chi connectivity index (χ0v) is 17.5. The van der Waals surface area contributed by atoms with E-state index < -0.39 is 23.3 Å². The summed E-state index contributed by atoms with van der Waals surface area (Å²) in [6.45, 7) is 4.28. The number of aromatic nitrogens is 2. The SMILES string of the molecule is CCn1cc(NC(=O)C2(C)Oc3ccc(Cl)cc3NC2=O)c(C(=O)NCCOC)n1. The van der Waals surface area contributed by atoms with Crippen LogP contribution in [-0.2, 0) is 20.9 Å². The molecule has 10 nitrogen and oxygen atoms in total. The fourth-order valence-electron chi connectivity index (χ4n) is 2.78. The standard InChI is InChI=1S/C19H22ClN5O5/c1-4-25-10-13(15(24-25)16(26)21-7-8-29-3)23-18(28)19(2)17(27)22-12-9-11(20)5-6-14(12)30-19/h5-6,9-10H,4,7-8H2,1-3H3,(H,21,26)(H,22,27)(H,23,28). The Hall–Kier alpha value is -3.11. The van der Waals surface area contributed by atoms with Gasteiger partial charge in [0.15, 0.2) is 5.69 Å². The van der Waals surface area contributed by atoms with Crippen LogP contribution in [0, 0.1) is 0 Å². The largest absolute Gasteiger partial charge is 0.466 e. The summed E-state index contributed by atoms with van der Waals surface area (Å²) in [4.78, 5) is 38.1. The lowest BCUT2D eigenvalue weighted by Crippen LogP contribution is -2.56. The second kappa shape index (κ2) is 8.72. The van der Waals surface area contributed by atoms with Gasteiger partial charge in [0.25, 0.3) is 23.3 Å². The topological polar surface area (TPSA) is 124 Å². The van der Waals surface area contributed by atoms with E-state index in [-0.39, 0.29) is 17.9 Å². The Morgan fingerprint density at radius 2 is 2.17 bits per heavy atom. The first-order valence-corrected chi connectivity index (χ1v) is 9.62. The quantitative estimate of drug-likeness (QED) is 0.449. The van der Waals surface area contributed by atoms with E-state index in [9.17, 15) is 14.4 Å². The van der Waals surface area contributed by atoms with Crippen molar-refractivity contribution in [3.05, 3.63) is 35.1 Å². The molecule has 3 N–H and O–H groups in total. The first kappa shape index (κ1) is 21.6. The molecule has 11 heteroatoms. The van der Waals surface area contributed by atoms with Crippen LogP contribution in [0.15, 0.2) is 24.4 Å². The minimum atomic E-state index is -1.86. The Bertz CT molecular complexity index is 992. The van der Waals surface area contributed by atoms with Gasteiger partial charge >= 0.3 is 0 Å². The van der Waals surface area contributed by atoms with Gasteiger partial charge in [-0.3, -0.25) is 19.1 Å². The number of halogens is 1. The molecule has 2 heterocycles. The normalized spacial score (nSPS) is 17.5. The molecule has 0 fully saturated rings. The lowest BCUT2D eigenvalue weighted by molar-refractivity contribution is -0.143. The second-order valence-corrected chi connectivity index (χ2v) is 7.12. The molecule has 1 aromatic carbocycles. The number of carbonyl (C=O) groups excluding carboxylic acids is 3. The number of aryl methyl sites for hydroxylation is 1. The highest BCUT2D eigenvalue weighted by atomic mass is 35.5. The molecule has 0 saturated carbocycles. The first-order valence-electron chi connectivity index (χ1n) is 9.24. The Labute approximate surface area is 177 Å². The van der Waals surface area contributed by atoms with Crippen molar-refractivity contribution >= 4 is 40.7 Å². The zero-order chi connectivity index (χ0) is 21.9. The molecule has 1 aliphatic rings. The predicted octanol–water partition coefficient (Wildman–Crippen LogP) is 1.66. The minimum Gasteiger partial charge on any atom is -0.466 e. The monoisotopic (exact) mass is 435 g/mol. The predicted molar refractivity (Wildman–Crippen MR) is 110 cm³/mol. The molecule has 0 saturated heterocycles. The van der Waals surface area contributed by atoms with Crippen LogP contribution in [-0.4, -0.2) is 53.4 Å². The first-order chi connectivity index (χ1) is 14.3. The molecule has 0 aliphatic carbocycles. The molecular formula is C19H22ClN5O5. The third-order valence-electron chi connectivity index (χ3n) is 4.51. The highest BCUT2D eigenvalue weighted by Crippen LogP contribution is 2.36. The number of rotatable bonds is 7. The molecule has 1 unspecified atom stereocenters. The van der Waals surface area contributed by atoms with E-state index in [0.717, 1.165) is 0 Å². The highest BCUT2D eigenvalue weighted by Gasteiger charge is 2.47. The van der Waals surface area contributed by atoms with E-state index in [4.69, 9.17) is 21.1 Å². The summed E-state index contributed by atoms with van der Waals surface area (Å²) in [7, 11) is 1.52. The number of fused-ring (bicyclic) bond motifs is 1. The number of anilines is 2. The van der Waals surface area contributed by atoms with Crippen LogP contribution in [0.2, 0.25) is 5.02 Å². The zero-order valence-electron chi connectivity index (χ0n) is 16.7. The van der Waals surface area contributed by atoms with E-state index >= 15 is 0 Å². The third kappa shape index (κ3) is 4.24. The maximum absolute atomic E-state index is 13.0. The van der Waals surface area contributed by atoms with Gasteiger partial charge in [-0.1, -0.05) is 11.6 Å². The van der Waals surface area contributed by atoms with Gasteiger partial charge in [-0.05, 0) is 32.0 Å². The molecular weight excluding hydrogens is 414 g/mol. The number of ether oxygens (including phenoxy) is 2. The van der Waals surface area contributed by atoms with Crippen LogP contribution in [0.3, 0.4) is 0 Å². The highest BCUT2D eigenvalue weighted by molar-refractivity contribution is 6.31. The average molecular weight is 436 g/mol. The number of carbonyl (C=O) groups is 3. The third-order valence-corrected chi connectivity index (χ3v) is 4.75. The number of benzene rings is 1. The van der Waals surface area contributed by atoms with Crippen LogP contribution in [0.5, 0.6) is 5.75 Å². The molecule has 0 spiro atoms. The Morgan fingerprint density at radius 1 is 1.40 bits per heavy atom. The number of amides is 3. The van der Waals surface area contributed by atoms with Gasteiger partial charge in [0.2, 0.25) is 0 Å². The summed E-state index contributed by atoms with van der Waals surface area (Å²) in [5.74, 6) is -1.59. The molecule has 30 heavy (non-hydrogen) atoms. The maximum atomic E-state index is 13.0. The lowest BCUT2D eigenvalue weighted by Gasteiger charge is -2.33. The summed E-state index contributed by atoms with van der Waals surface area (Å²) in [6, 6.07) is 4.68. The van der Waals surface area contributed by atoms with E-state index in [1.807, 2.05) is 6.92 Å². The van der Waals surface area contributed by atoms with Crippen molar-refractivity contribution in [3.63, 3.8) is 0 Å². The molecule has 0 bridgehead atoms. The van der Waals surface area contributed by atoms with Gasteiger partial charge in [-0.15, -0.1) is 0 Å². The summed E-state index contributed by atoms with van der Waals surface area (Å²) in [5, 5.41) is 12.5. The lowest BCUT2D eigenvalue weighted by atomic mass is 10.0. The molecule has 2 aromatic rings. The Balaban J connectivity index is 1.83. The summed E-state index contributed by atoms with van der Waals surface area (Å²) in [6.07, 6.45) is 1.51. The molecule has 3 amide bonds. The number of hydrogen-bond acceptors (Lipinski definition) is 6. The summed E-state index contributed by atoms with van der Waals surface area (Å²) >= 11 is 5.93. The van der Waals surface area contributed by atoms with E-state index in [1.165, 1.54) is 31.0 Å². The Morgan fingerprint density at radius 3 is 2.87 bits per heavy atom. The minimum absolute atomic E-state index is 0.0216. The molecule has 1 aromatic heterocycles. The van der Waals surface area contributed by atoms with Crippen molar-refractivity contribution in [2.24, 2.45) is 0 Å². The Kier molecular flexibility index (Phi) is 6.28. The van der Waals surface area contributed by atoms with Crippen LogP contribution < -0.4 is 20.7 Å². The molecule has 160 valence electrons. The van der Waals surface area contributed by atoms with Crippen molar-refractivity contribution in [1.29, 1.82) is 0 Å². The van der Waals surface area contributed by atoms with Crippen molar-refractivity contribution in [3.8, 4) is 5.75 Å². The smallest absolute Gasteiger partial charge is 0.278 e. The van der Waals surface area contributed by atoms with Crippen molar-refractivity contribution in [1.82, 2.24) is 15.1 Å². The van der Waals surface area contributed by atoms with Gasteiger partial charge < -0.3 is 25.4 Å². The maximum Gasteiger partial charge on any atom is 0.278 e. The fraction of sp³-hybridized carbons (Fsp3) is 0.368. The van der Waals surface area contributed by atoms with Crippen LogP contribution in [0.4, 0.5) is 11.4 Å². The van der Waals surface area contributed by atoms with Crippen molar-refractivity contribution in [2.45, 2.75) is 26.0 Å². The number of methoxy groups -OCH3 is 1. The molecule has 0 radical (unpaired) electrons. The fourth-order valence-corrected chi connectivity index (χ4v) is 2.95. The number of hydrogen-bond donors (Lipinski definition) is 3. The summed E-state index contributed by atoms with van der Waals surface area (Å²) in [5.41, 5.74) is -1.31. The van der Waals surface area contributed by atoms with Crippen LogP contribution >= 0.6 is 11.6 Å². The van der Waals surface area contributed by atoms with Crippen molar-refractivity contribution in [2.75, 3.05) is 30.9 Å². The van der Waals surface area contributed by atoms with Crippen LogP contribution in [0.25, 0.3) is 0 Å². The van der Waals surface area contributed by atoms with E-state index in [1.54, 1.807) is 12.1 Å². The van der Waals surface area contributed by atoms with Gasteiger partial charge in [0, 0.05) is 31.4 Å². The van der Waals surface area contributed by atoms with Gasteiger partial charge in [0.05, 0.1) is 18.0 Å². The number of nitrogens with zero attached hydrogens (tertiary/aromatic N) is 2. The van der Waals surface area contributed by atoms with Gasteiger partial charge in [-0.25, -0.2) is 0 Å². The second-order valence-electron chi connectivity index (χ2n) is 6.68. The van der Waals surface area contributed by atoms with Crippen LogP contribution in [0.1, 0.15) is 24.3 Å². The van der Waals surface area contributed by atoms with Crippen molar-refractivity contribution < 1.29 is 23.9 Å².